The predicted octanol–water partition coefficient (Wildman–Crippen LogP) is 4.47. The molecule has 0 radical (unpaired) electrons. The van der Waals surface area contributed by atoms with Crippen molar-refractivity contribution in [3.63, 3.8) is 0 Å². The zero-order chi connectivity index (χ0) is 19.4. The van der Waals surface area contributed by atoms with Crippen molar-refractivity contribution >= 4 is 27.5 Å². The normalized spacial score (nSPS) is 36.6. The number of amides is 1. The Morgan fingerprint density at radius 1 is 1.07 bits per heavy atom. The van der Waals surface area contributed by atoms with E-state index < -0.39 is 0 Å². The molecule has 1 aromatic carbocycles. The molecule has 0 aromatic heterocycles. The summed E-state index contributed by atoms with van der Waals surface area (Å²) in [6.45, 7) is 3.51. The van der Waals surface area contributed by atoms with Crippen molar-refractivity contribution in [1.82, 2.24) is 4.90 Å². The number of nitrogens with zero attached hydrogens (tertiary/aromatic N) is 2. The number of hydrogen-bond acceptors (Lipinski definition) is 3. The number of benzene rings is 1. The lowest BCUT2D eigenvalue weighted by molar-refractivity contribution is -0.138. The van der Waals surface area contributed by atoms with Crippen molar-refractivity contribution in [1.29, 1.82) is 0 Å². The second-order valence-corrected chi connectivity index (χ2v) is 11.5. The van der Waals surface area contributed by atoms with Gasteiger partial charge in [0.25, 0.3) is 0 Å². The van der Waals surface area contributed by atoms with Crippen LogP contribution in [-0.4, -0.2) is 48.4 Å². The number of piperazine rings is 1. The summed E-state index contributed by atoms with van der Waals surface area (Å²) in [4.78, 5) is 17.7. The van der Waals surface area contributed by atoms with Gasteiger partial charge in [0.05, 0.1) is 7.11 Å². The van der Waals surface area contributed by atoms with Crippen LogP contribution in [0.5, 0.6) is 5.75 Å². The summed E-state index contributed by atoms with van der Waals surface area (Å²) in [7, 11) is 1.70. The molecule has 5 aliphatic rings. The topological polar surface area (TPSA) is 32.8 Å². The van der Waals surface area contributed by atoms with Gasteiger partial charge in [0.1, 0.15) is 5.75 Å². The Morgan fingerprint density at radius 2 is 1.71 bits per heavy atom. The minimum absolute atomic E-state index is 0.276. The third-order valence-electron chi connectivity index (χ3n) is 7.71. The van der Waals surface area contributed by atoms with Gasteiger partial charge in [-0.1, -0.05) is 15.9 Å². The summed E-state index contributed by atoms with van der Waals surface area (Å²) in [6, 6.07) is 8.24. The van der Waals surface area contributed by atoms with Crippen LogP contribution >= 0.6 is 15.9 Å². The van der Waals surface area contributed by atoms with Crippen LogP contribution in [0.2, 0.25) is 0 Å². The van der Waals surface area contributed by atoms with E-state index in [9.17, 15) is 4.79 Å². The predicted molar refractivity (Wildman–Crippen MR) is 115 cm³/mol. The minimum atomic E-state index is 0.276. The van der Waals surface area contributed by atoms with Gasteiger partial charge in [-0.05, 0) is 80.0 Å². The van der Waals surface area contributed by atoms with Gasteiger partial charge in [-0.25, -0.2) is 0 Å². The molecule has 4 saturated carbocycles. The third kappa shape index (κ3) is 3.44. The Bertz CT molecular complexity index is 727. The third-order valence-corrected chi connectivity index (χ3v) is 8.63. The average molecular weight is 447 g/mol. The largest absolute Gasteiger partial charge is 0.497 e. The second kappa shape index (κ2) is 6.93. The summed E-state index contributed by atoms with van der Waals surface area (Å²) in [5.74, 6) is 2.98. The van der Waals surface area contributed by atoms with Crippen LogP contribution in [0.25, 0.3) is 0 Å². The van der Waals surface area contributed by atoms with Crippen molar-refractivity contribution in [2.24, 2.45) is 17.3 Å². The molecule has 1 aromatic rings. The first kappa shape index (κ1) is 18.8. The molecule has 2 atom stereocenters. The van der Waals surface area contributed by atoms with Crippen molar-refractivity contribution in [3.05, 3.63) is 24.3 Å². The van der Waals surface area contributed by atoms with Gasteiger partial charge >= 0.3 is 0 Å². The Morgan fingerprint density at radius 3 is 2.29 bits per heavy atom. The molecule has 1 amide bonds. The molecule has 4 bridgehead atoms. The van der Waals surface area contributed by atoms with E-state index in [1.165, 1.54) is 44.2 Å². The van der Waals surface area contributed by atoms with E-state index in [4.69, 9.17) is 4.74 Å². The smallest absolute Gasteiger partial charge is 0.223 e. The highest BCUT2D eigenvalue weighted by molar-refractivity contribution is 9.10. The number of methoxy groups -OCH3 is 1. The molecular formula is C23H31BrN2O2. The van der Waals surface area contributed by atoms with Crippen LogP contribution in [0.15, 0.2) is 24.3 Å². The van der Waals surface area contributed by atoms with Gasteiger partial charge < -0.3 is 14.5 Å². The molecule has 28 heavy (non-hydrogen) atoms. The van der Waals surface area contributed by atoms with Crippen molar-refractivity contribution < 1.29 is 9.53 Å². The van der Waals surface area contributed by atoms with Crippen LogP contribution in [0.1, 0.15) is 44.9 Å². The average Bonchev–Trinajstić information content (AvgIpc) is 2.66. The van der Waals surface area contributed by atoms with Crippen molar-refractivity contribution in [2.75, 3.05) is 38.2 Å². The number of hydrogen-bond donors (Lipinski definition) is 0. The summed E-state index contributed by atoms with van der Waals surface area (Å²) in [5.41, 5.74) is 1.49. The maximum absolute atomic E-state index is 13.2. The van der Waals surface area contributed by atoms with Crippen LogP contribution in [0.3, 0.4) is 0 Å². The van der Waals surface area contributed by atoms with E-state index in [1.807, 2.05) is 12.1 Å². The lowest BCUT2D eigenvalue weighted by Crippen LogP contribution is -2.55. The quantitative estimate of drug-likeness (QED) is 0.639. The molecule has 1 saturated heterocycles. The second-order valence-electron chi connectivity index (χ2n) is 9.85. The molecule has 0 N–H and O–H groups in total. The standard InChI is InChI=1S/C23H31BrN2O2/c1-28-20-4-2-19(3-5-20)25-6-8-26(9-7-25)21(27)15-22-11-17-10-18(12-22)14-23(24,13-17)16-22/h2-5,17-18H,6-16H2,1H3. The van der Waals surface area contributed by atoms with Gasteiger partial charge in [0.15, 0.2) is 0 Å². The van der Waals surface area contributed by atoms with Crippen molar-refractivity contribution in [3.8, 4) is 5.75 Å². The zero-order valence-electron chi connectivity index (χ0n) is 16.8. The molecule has 6 rings (SSSR count). The van der Waals surface area contributed by atoms with Gasteiger partial charge in [-0.2, -0.15) is 0 Å². The number of ether oxygens (including phenoxy) is 1. The molecule has 4 nitrogen and oxygen atoms in total. The Labute approximate surface area is 176 Å². The van der Waals surface area contributed by atoms with Crippen LogP contribution < -0.4 is 9.64 Å². The maximum atomic E-state index is 13.2. The minimum Gasteiger partial charge on any atom is -0.497 e. The van der Waals surface area contributed by atoms with Gasteiger partial charge in [-0.15, -0.1) is 0 Å². The van der Waals surface area contributed by atoms with Gasteiger partial charge in [0.2, 0.25) is 5.91 Å². The highest BCUT2D eigenvalue weighted by Crippen LogP contribution is 2.65. The molecule has 0 spiro atoms. The van der Waals surface area contributed by atoms with Gasteiger partial charge in [-0.3, -0.25) is 4.79 Å². The van der Waals surface area contributed by atoms with E-state index >= 15 is 0 Å². The lowest BCUT2D eigenvalue weighted by atomic mass is 9.48. The number of alkyl halides is 1. The van der Waals surface area contributed by atoms with Crippen LogP contribution in [-0.2, 0) is 4.79 Å². The Balaban J connectivity index is 1.19. The molecule has 5 heteroatoms. The number of rotatable bonds is 4. The fourth-order valence-electron chi connectivity index (χ4n) is 6.98. The number of carbonyl (C=O) groups excluding carboxylic acids is 1. The molecule has 4 aliphatic carbocycles. The van der Waals surface area contributed by atoms with E-state index in [2.05, 4.69) is 37.9 Å². The van der Waals surface area contributed by atoms with Crippen LogP contribution in [0.4, 0.5) is 5.69 Å². The summed E-state index contributed by atoms with van der Waals surface area (Å²) < 4.78 is 5.59. The molecule has 152 valence electrons. The zero-order valence-corrected chi connectivity index (χ0v) is 18.4. The maximum Gasteiger partial charge on any atom is 0.223 e. The summed E-state index contributed by atoms with van der Waals surface area (Å²) in [6.07, 6.45) is 8.63. The first-order valence-electron chi connectivity index (χ1n) is 10.8. The van der Waals surface area contributed by atoms with E-state index in [0.29, 0.717) is 10.2 Å². The highest BCUT2D eigenvalue weighted by atomic mass is 79.9. The van der Waals surface area contributed by atoms with Crippen molar-refractivity contribution in [2.45, 2.75) is 49.3 Å². The van der Waals surface area contributed by atoms with Gasteiger partial charge in [0, 0.05) is 42.6 Å². The van der Waals surface area contributed by atoms with E-state index in [-0.39, 0.29) is 5.41 Å². The fourth-order valence-corrected chi connectivity index (χ4v) is 8.49. The molecule has 1 aliphatic heterocycles. The Kier molecular flexibility index (Phi) is 4.65. The SMILES string of the molecule is COc1ccc(N2CCN(C(=O)CC34CC5CC(CC(Br)(C5)C3)C4)CC2)cc1. The summed E-state index contributed by atoms with van der Waals surface area (Å²) >= 11 is 4.08. The lowest BCUT2D eigenvalue weighted by Gasteiger charge is -2.60. The molecule has 2 unspecified atom stereocenters. The number of carbonyl (C=O) groups is 1. The molecular weight excluding hydrogens is 416 g/mol. The Hall–Kier alpha value is -1.23. The summed E-state index contributed by atoms with van der Waals surface area (Å²) in [5, 5.41) is 0. The highest BCUT2D eigenvalue weighted by Gasteiger charge is 2.57. The fraction of sp³-hybridized carbons (Fsp3) is 0.696. The van der Waals surface area contributed by atoms with Crippen LogP contribution in [0, 0.1) is 17.3 Å². The number of halogens is 1. The molecule has 5 fully saturated rings. The number of anilines is 1. The van der Waals surface area contributed by atoms with E-state index in [0.717, 1.165) is 50.2 Å². The monoisotopic (exact) mass is 446 g/mol. The first-order valence-corrected chi connectivity index (χ1v) is 11.6. The first-order chi connectivity index (χ1) is 13.5. The van der Waals surface area contributed by atoms with E-state index in [1.54, 1.807) is 7.11 Å². The molecule has 1 heterocycles.